The van der Waals surface area contributed by atoms with Crippen molar-refractivity contribution < 1.29 is 9.53 Å². The van der Waals surface area contributed by atoms with E-state index in [-0.39, 0.29) is 5.78 Å². The van der Waals surface area contributed by atoms with Gasteiger partial charge in [0.2, 0.25) is 0 Å². The molecule has 3 nitrogen and oxygen atoms in total. The van der Waals surface area contributed by atoms with Gasteiger partial charge in [0.15, 0.2) is 5.78 Å². The van der Waals surface area contributed by atoms with Gasteiger partial charge in [0, 0.05) is 17.3 Å². The predicted octanol–water partition coefficient (Wildman–Crippen LogP) is 3.04. The molecular weight excluding hydrogens is 202 g/mol. The van der Waals surface area contributed by atoms with E-state index < -0.39 is 0 Å². The summed E-state index contributed by atoms with van der Waals surface area (Å²) in [5.41, 5.74) is 6.79. The van der Waals surface area contributed by atoms with Crippen LogP contribution in [0.25, 0.3) is 0 Å². The van der Waals surface area contributed by atoms with Gasteiger partial charge in [-0.1, -0.05) is 19.8 Å². The molecule has 0 aromatic heterocycles. The second kappa shape index (κ2) is 6.16. The molecule has 0 bridgehead atoms. The Morgan fingerprint density at radius 2 is 2.12 bits per heavy atom. The largest absolute Gasteiger partial charge is 0.494 e. The van der Waals surface area contributed by atoms with Gasteiger partial charge >= 0.3 is 0 Å². The lowest BCUT2D eigenvalue weighted by atomic mass is 10.1. The van der Waals surface area contributed by atoms with E-state index in [2.05, 4.69) is 6.92 Å². The fourth-order valence-corrected chi connectivity index (χ4v) is 1.49. The summed E-state index contributed by atoms with van der Waals surface area (Å²) in [7, 11) is 0. The molecule has 0 aliphatic rings. The summed E-state index contributed by atoms with van der Waals surface area (Å²) in [6.45, 7) is 4.36. The third-order valence-corrected chi connectivity index (χ3v) is 2.42. The van der Waals surface area contributed by atoms with E-state index in [4.69, 9.17) is 10.5 Å². The lowest BCUT2D eigenvalue weighted by molar-refractivity contribution is 0.101. The topological polar surface area (TPSA) is 52.3 Å². The van der Waals surface area contributed by atoms with Crippen molar-refractivity contribution in [3.8, 4) is 5.75 Å². The monoisotopic (exact) mass is 221 g/mol. The Balaban J connectivity index is 2.56. The molecule has 0 fully saturated rings. The van der Waals surface area contributed by atoms with Crippen LogP contribution in [0.5, 0.6) is 5.75 Å². The minimum absolute atomic E-state index is 0.0185. The molecule has 0 saturated carbocycles. The van der Waals surface area contributed by atoms with Crippen LogP contribution in [-0.4, -0.2) is 12.4 Å². The first-order valence-electron chi connectivity index (χ1n) is 5.68. The fraction of sp³-hybridized carbons (Fsp3) is 0.462. The number of rotatable bonds is 6. The second-order valence-corrected chi connectivity index (χ2v) is 3.86. The van der Waals surface area contributed by atoms with Gasteiger partial charge in [0.25, 0.3) is 0 Å². The highest BCUT2D eigenvalue weighted by Crippen LogP contribution is 2.20. The number of carbonyl (C=O) groups excluding carboxylic acids is 1. The van der Waals surface area contributed by atoms with Gasteiger partial charge in [-0.15, -0.1) is 0 Å². The number of hydrogen-bond acceptors (Lipinski definition) is 3. The second-order valence-electron chi connectivity index (χ2n) is 3.86. The maximum absolute atomic E-state index is 11.2. The van der Waals surface area contributed by atoms with Crippen LogP contribution in [0.2, 0.25) is 0 Å². The molecule has 0 atom stereocenters. The van der Waals surface area contributed by atoms with Gasteiger partial charge in [-0.3, -0.25) is 4.79 Å². The summed E-state index contributed by atoms with van der Waals surface area (Å²) in [6, 6.07) is 5.22. The molecule has 88 valence electrons. The zero-order valence-electron chi connectivity index (χ0n) is 9.95. The van der Waals surface area contributed by atoms with Crippen LogP contribution >= 0.6 is 0 Å². The molecule has 0 saturated heterocycles. The van der Waals surface area contributed by atoms with E-state index in [9.17, 15) is 4.79 Å². The Labute approximate surface area is 96.6 Å². The van der Waals surface area contributed by atoms with Crippen molar-refractivity contribution in [2.24, 2.45) is 0 Å². The zero-order valence-corrected chi connectivity index (χ0v) is 9.95. The predicted molar refractivity (Wildman–Crippen MR) is 65.9 cm³/mol. The number of nitrogens with two attached hydrogens (primary N) is 1. The third-order valence-electron chi connectivity index (χ3n) is 2.42. The third kappa shape index (κ3) is 3.57. The molecule has 16 heavy (non-hydrogen) atoms. The highest BCUT2D eigenvalue weighted by atomic mass is 16.5. The summed E-state index contributed by atoms with van der Waals surface area (Å²) in [4.78, 5) is 11.2. The Morgan fingerprint density at radius 1 is 1.38 bits per heavy atom. The van der Waals surface area contributed by atoms with E-state index in [1.807, 2.05) is 0 Å². The lowest BCUT2D eigenvalue weighted by Gasteiger charge is -2.08. The number of ether oxygens (including phenoxy) is 1. The lowest BCUT2D eigenvalue weighted by Crippen LogP contribution is -2.02. The molecule has 0 heterocycles. The van der Waals surface area contributed by atoms with Crippen LogP contribution in [0, 0.1) is 0 Å². The van der Waals surface area contributed by atoms with E-state index in [0.717, 1.165) is 12.2 Å². The highest BCUT2D eigenvalue weighted by Gasteiger charge is 2.05. The Kier molecular flexibility index (Phi) is 4.83. The molecule has 1 aromatic carbocycles. The minimum atomic E-state index is -0.0185. The molecule has 0 aliphatic heterocycles. The summed E-state index contributed by atoms with van der Waals surface area (Å²) in [6.07, 6.45) is 3.39. The first kappa shape index (κ1) is 12.6. The summed E-state index contributed by atoms with van der Waals surface area (Å²) < 4.78 is 5.53. The highest BCUT2D eigenvalue weighted by molar-refractivity contribution is 5.99. The average Bonchev–Trinajstić information content (AvgIpc) is 2.24. The average molecular weight is 221 g/mol. The SMILES string of the molecule is CCCCCOc1ccc(C(C)=O)c(N)c1. The van der Waals surface area contributed by atoms with Gasteiger partial charge in [-0.25, -0.2) is 0 Å². The number of hydrogen-bond donors (Lipinski definition) is 1. The molecule has 1 aromatic rings. The number of anilines is 1. The van der Waals surface area contributed by atoms with Crippen molar-refractivity contribution in [3.63, 3.8) is 0 Å². The molecule has 0 radical (unpaired) electrons. The van der Waals surface area contributed by atoms with E-state index in [0.29, 0.717) is 17.9 Å². The number of benzene rings is 1. The zero-order chi connectivity index (χ0) is 12.0. The molecule has 3 heteroatoms. The Morgan fingerprint density at radius 3 is 2.69 bits per heavy atom. The molecule has 0 amide bonds. The molecule has 1 rings (SSSR count). The summed E-state index contributed by atoms with van der Waals surface area (Å²) in [5, 5.41) is 0. The quantitative estimate of drug-likeness (QED) is 0.456. The number of Topliss-reactive ketones (excluding diaryl/α,β-unsaturated/α-hetero) is 1. The van der Waals surface area contributed by atoms with Crippen molar-refractivity contribution in [3.05, 3.63) is 23.8 Å². The smallest absolute Gasteiger partial charge is 0.161 e. The van der Waals surface area contributed by atoms with E-state index in [1.165, 1.54) is 19.8 Å². The van der Waals surface area contributed by atoms with Gasteiger partial charge < -0.3 is 10.5 Å². The van der Waals surface area contributed by atoms with Crippen LogP contribution in [0.3, 0.4) is 0 Å². The summed E-state index contributed by atoms with van der Waals surface area (Å²) in [5.74, 6) is 0.716. The van der Waals surface area contributed by atoms with Gasteiger partial charge in [-0.2, -0.15) is 0 Å². The van der Waals surface area contributed by atoms with Crippen molar-refractivity contribution >= 4 is 11.5 Å². The van der Waals surface area contributed by atoms with Crippen LogP contribution in [0.4, 0.5) is 5.69 Å². The van der Waals surface area contributed by atoms with E-state index in [1.54, 1.807) is 18.2 Å². The van der Waals surface area contributed by atoms with Gasteiger partial charge in [0.05, 0.1) is 6.61 Å². The first-order chi connectivity index (χ1) is 7.65. The molecule has 2 N–H and O–H groups in total. The molecule has 0 unspecified atom stereocenters. The van der Waals surface area contributed by atoms with Gasteiger partial charge in [0.1, 0.15) is 5.75 Å². The Hall–Kier alpha value is -1.51. The maximum atomic E-state index is 11.2. The van der Waals surface area contributed by atoms with Crippen molar-refractivity contribution in [1.82, 2.24) is 0 Å². The molecule has 0 spiro atoms. The van der Waals surface area contributed by atoms with Crippen molar-refractivity contribution in [1.29, 1.82) is 0 Å². The van der Waals surface area contributed by atoms with Gasteiger partial charge in [-0.05, 0) is 25.5 Å². The first-order valence-corrected chi connectivity index (χ1v) is 5.68. The van der Waals surface area contributed by atoms with Crippen molar-refractivity contribution in [2.45, 2.75) is 33.1 Å². The molecular formula is C13H19NO2. The van der Waals surface area contributed by atoms with Crippen LogP contribution < -0.4 is 10.5 Å². The van der Waals surface area contributed by atoms with Crippen molar-refractivity contribution in [2.75, 3.05) is 12.3 Å². The maximum Gasteiger partial charge on any atom is 0.161 e. The summed E-state index contributed by atoms with van der Waals surface area (Å²) >= 11 is 0. The Bertz CT molecular complexity index is 361. The number of unbranched alkanes of at least 4 members (excludes halogenated alkanes) is 2. The molecule has 0 aliphatic carbocycles. The minimum Gasteiger partial charge on any atom is -0.494 e. The number of nitrogen functional groups attached to an aromatic ring is 1. The standard InChI is InChI=1S/C13H19NO2/c1-3-4-5-8-16-11-6-7-12(10(2)15)13(14)9-11/h6-7,9H,3-5,8,14H2,1-2H3. The fourth-order valence-electron chi connectivity index (χ4n) is 1.49. The number of carbonyl (C=O) groups is 1. The number of ketones is 1. The van der Waals surface area contributed by atoms with Crippen LogP contribution in [0.15, 0.2) is 18.2 Å². The van der Waals surface area contributed by atoms with Crippen LogP contribution in [-0.2, 0) is 0 Å². The normalized spacial score (nSPS) is 10.1. The van der Waals surface area contributed by atoms with Crippen LogP contribution in [0.1, 0.15) is 43.5 Å². The van der Waals surface area contributed by atoms with E-state index >= 15 is 0 Å².